The van der Waals surface area contributed by atoms with Crippen molar-refractivity contribution in [3.63, 3.8) is 0 Å². The molecule has 2 N–H and O–H groups in total. The van der Waals surface area contributed by atoms with Gasteiger partial charge in [0.2, 0.25) is 0 Å². The molecular weight excluding hydrogens is 246 g/mol. The molecule has 0 radical (unpaired) electrons. The Labute approximate surface area is 114 Å². The number of nitrogens with one attached hydrogen (secondary N) is 1. The number of unbranched alkanes of at least 4 members (excludes halogenated alkanes) is 6. The molecule has 0 bridgehead atoms. The number of aliphatic hydroxyl groups excluding tert-OH is 1. The molecule has 1 aliphatic rings. The van der Waals surface area contributed by atoms with Crippen LogP contribution in [0.15, 0.2) is 0 Å². The van der Waals surface area contributed by atoms with E-state index in [0.717, 1.165) is 19.3 Å². The van der Waals surface area contributed by atoms with Crippen LogP contribution in [-0.2, 0) is 14.4 Å². The average molecular weight is 271 g/mol. The van der Waals surface area contributed by atoms with E-state index < -0.39 is 17.9 Å². The molecule has 0 aromatic carbocycles. The van der Waals surface area contributed by atoms with Crippen LogP contribution in [0.2, 0.25) is 0 Å². The molecule has 1 heterocycles. The zero-order valence-electron chi connectivity index (χ0n) is 11.7. The van der Waals surface area contributed by atoms with E-state index in [0.29, 0.717) is 6.42 Å². The van der Waals surface area contributed by atoms with Gasteiger partial charge in [0, 0.05) is 6.42 Å². The molecule has 2 atom stereocenters. The standard InChI is InChI=1S/C14H25NO4/c1-2-3-4-5-6-7-8-9-12(17)11(10-16)13-14(18)19-15-13/h11,13,15-16H,2-10H2,1H3. The lowest BCUT2D eigenvalue weighted by Gasteiger charge is -2.30. The minimum absolute atomic E-state index is 0.0507. The Morgan fingerprint density at radius 3 is 2.37 bits per heavy atom. The van der Waals surface area contributed by atoms with Crippen LogP contribution in [-0.4, -0.2) is 29.5 Å². The van der Waals surface area contributed by atoms with Crippen molar-refractivity contribution in [1.82, 2.24) is 5.48 Å². The highest BCUT2D eigenvalue weighted by molar-refractivity contribution is 5.90. The van der Waals surface area contributed by atoms with Crippen LogP contribution in [0.3, 0.4) is 0 Å². The third-order valence-electron chi connectivity index (χ3n) is 3.58. The summed E-state index contributed by atoms with van der Waals surface area (Å²) in [7, 11) is 0. The van der Waals surface area contributed by atoms with E-state index in [2.05, 4.69) is 17.2 Å². The first-order chi connectivity index (χ1) is 9.20. The SMILES string of the molecule is CCCCCCCCCC(=O)C(CO)C1NOC1=O. The van der Waals surface area contributed by atoms with Crippen molar-refractivity contribution in [3.05, 3.63) is 0 Å². The summed E-state index contributed by atoms with van der Waals surface area (Å²) in [5.74, 6) is -1.15. The Kier molecular flexibility index (Phi) is 7.67. The average Bonchev–Trinajstić information content (AvgIpc) is 2.41. The van der Waals surface area contributed by atoms with E-state index >= 15 is 0 Å². The predicted octanol–water partition coefficient (Wildman–Crippen LogP) is 1.73. The molecule has 0 aliphatic carbocycles. The Hall–Kier alpha value is -0.940. The molecule has 0 saturated carbocycles. The van der Waals surface area contributed by atoms with E-state index in [1.165, 1.54) is 25.7 Å². The molecule has 110 valence electrons. The number of Topliss-reactive ketones (excluding diaryl/α,β-unsaturated/α-hetero) is 1. The molecule has 5 nitrogen and oxygen atoms in total. The van der Waals surface area contributed by atoms with Crippen molar-refractivity contribution in [2.24, 2.45) is 5.92 Å². The summed E-state index contributed by atoms with van der Waals surface area (Å²) in [6.45, 7) is 1.88. The van der Waals surface area contributed by atoms with Crippen LogP contribution in [0.5, 0.6) is 0 Å². The predicted molar refractivity (Wildman–Crippen MR) is 71.2 cm³/mol. The summed E-state index contributed by atoms with van der Waals surface area (Å²) in [5.41, 5.74) is 2.42. The molecule has 1 fully saturated rings. The summed E-state index contributed by atoms with van der Waals surface area (Å²) in [6.07, 6.45) is 8.47. The van der Waals surface area contributed by atoms with Gasteiger partial charge < -0.3 is 9.94 Å². The maximum absolute atomic E-state index is 11.9. The van der Waals surface area contributed by atoms with E-state index in [4.69, 9.17) is 0 Å². The molecule has 0 amide bonds. The first kappa shape index (κ1) is 16.1. The van der Waals surface area contributed by atoms with Crippen molar-refractivity contribution in [3.8, 4) is 0 Å². The highest BCUT2D eigenvalue weighted by Crippen LogP contribution is 2.17. The van der Waals surface area contributed by atoms with Gasteiger partial charge in [0.15, 0.2) is 6.04 Å². The number of rotatable bonds is 11. The largest absolute Gasteiger partial charge is 0.396 e. The van der Waals surface area contributed by atoms with Gasteiger partial charge in [-0.15, -0.1) is 5.48 Å². The van der Waals surface area contributed by atoms with Crippen LogP contribution in [0, 0.1) is 5.92 Å². The Bertz CT molecular complexity index is 293. The first-order valence-corrected chi connectivity index (χ1v) is 7.30. The fourth-order valence-corrected chi connectivity index (χ4v) is 2.26. The molecule has 0 spiro atoms. The van der Waals surface area contributed by atoms with Gasteiger partial charge >= 0.3 is 5.97 Å². The highest BCUT2D eigenvalue weighted by Gasteiger charge is 2.41. The molecule has 0 aromatic heterocycles. The summed E-state index contributed by atoms with van der Waals surface area (Å²) in [6, 6.07) is -0.651. The van der Waals surface area contributed by atoms with Crippen molar-refractivity contribution in [1.29, 1.82) is 0 Å². The van der Waals surface area contributed by atoms with E-state index in [1.54, 1.807) is 0 Å². The van der Waals surface area contributed by atoms with E-state index in [9.17, 15) is 14.7 Å². The second kappa shape index (κ2) is 9.04. The molecule has 19 heavy (non-hydrogen) atoms. The Balaban J connectivity index is 2.10. The molecule has 1 rings (SSSR count). The smallest absolute Gasteiger partial charge is 0.346 e. The highest BCUT2D eigenvalue weighted by atomic mass is 16.7. The third-order valence-corrected chi connectivity index (χ3v) is 3.58. The quantitative estimate of drug-likeness (QED) is 0.560. The number of hydrogen-bond donors (Lipinski definition) is 2. The molecule has 1 aliphatic heterocycles. The second-order valence-corrected chi connectivity index (χ2v) is 5.14. The summed E-state index contributed by atoms with van der Waals surface area (Å²) < 4.78 is 0. The maximum Gasteiger partial charge on any atom is 0.346 e. The van der Waals surface area contributed by atoms with Crippen molar-refractivity contribution in [2.45, 2.75) is 64.3 Å². The van der Waals surface area contributed by atoms with Crippen LogP contribution >= 0.6 is 0 Å². The number of carbonyl (C=O) groups is 2. The van der Waals surface area contributed by atoms with Crippen molar-refractivity contribution < 1.29 is 19.5 Å². The fraction of sp³-hybridized carbons (Fsp3) is 0.857. The van der Waals surface area contributed by atoms with Gasteiger partial charge in [-0.1, -0.05) is 45.4 Å². The van der Waals surface area contributed by atoms with Gasteiger partial charge in [-0.25, -0.2) is 4.79 Å². The van der Waals surface area contributed by atoms with E-state index in [1.807, 2.05) is 0 Å². The first-order valence-electron chi connectivity index (χ1n) is 7.30. The second-order valence-electron chi connectivity index (χ2n) is 5.14. The third kappa shape index (κ3) is 5.28. The zero-order valence-corrected chi connectivity index (χ0v) is 11.7. The maximum atomic E-state index is 11.9. The van der Waals surface area contributed by atoms with Gasteiger partial charge in [0.25, 0.3) is 0 Å². The van der Waals surface area contributed by atoms with Gasteiger partial charge in [-0.2, -0.15) is 0 Å². The van der Waals surface area contributed by atoms with Gasteiger partial charge in [-0.05, 0) is 6.42 Å². The lowest BCUT2D eigenvalue weighted by molar-refractivity contribution is -0.187. The lowest BCUT2D eigenvalue weighted by Crippen LogP contribution is -2.58. The lowest BCUT2D eigenvalue weighted by atomic mass is 9.92. The summed E-state index contributed by atoms with van der Waals surface area (Å²) >= 11 is 0. The van der Waals surface area contributed by atoms with Crippen LogP contribution in [0.1, 0.15) is 58.3 Å². The van der Waals surface area contributed by atoms with Gasteiger partial charge in [0.1, 0.15) is 5.78 Å². The Morgan fingerprint density at radius 1 is 1.26 bits per heavy atom. The Morgan fingerprint density at radius 2 is 1.89 bits per heavy atom. The topological polar surface area (TPSA) is 75.6 Å². The normalized spacial score (nSPS) is 19.7. The molecular formula is C14H25NO4. The molecule has 0 aromatic rings. The van der Waals surface area contributed by atoms with Gasteiger partial charge in [-0.3, -0.25) is 4.79 Å². The monoisotopic (exact) mass is 271 g/mol. The zero-order chi connectivity index (χ0) is 14.1. The van der Waals surface area contributed by atoms with Crippen molar-refractivity contribution in [2.75, 3.05) is 6.61 Å². The van der Waals surface area contributed by atoms with Crippen LogP contribution in [0.4, 0.5) is 0 Å². The van der Waals surface area contributed by atoms with Gasteiger partial charge in [0.05, 0.1) is 12.5 Å². The number of hydroxylamine groups is 1. The van der Waals surface area contributed by atoms with Crippen LogP contribution in [0.25, 0.3) is 0 Å². The van der Waals surface area contributed by atoms with Crippen LogP contribution < -0.4 is 5.48 Å². The molecule has 1 saturated heterocycles. The van der Waals surface area contributed by atoms with E-state index in [-0.39, 0.29) is 12.4 Å². The summed E-state index contributed by atoms with van der Waals surface area (Å²) in [4.78, 5) is 27.3. The van der Waals surface area contributed by atoms with Crippen molar-refractivity contribution >= 4 is 11.8 Å². The summed E-state index contributed by atoms with van der Waals surface area (Å²) in [5, 5.41) is 9.18. The molecule has 5 heteroatoms. The number of ketones is 1. The minimum Gasteiger partial charge on any atom is -0.396 e. The number of hydrogen-bond acceptors (Lipinski definition) is 5. The number of aliphatic hydroxyl groups is 1. The number of carbonyl (C=O) groups excluding carboxylic acids is 2. The minimum atomic E-state index is -0.652. The fourth-order valence-electron chi connectivity index (χ4n) is 2.26. The molecule has 2 unspecified atom stereocenters.